The van der Waals surface area contributed by atoms with Crippen molar-refractivity contribution in [2.24, 2.45) is 0 Å². The first-order valence-electron chi connectivity index (χ1n) is 10.5. The lowest BCUT2D eigenvalue weighted by Gasteiger charge is -2.13. The largest absolute Gasteiger partial charge is 0.510 e. The molecule has 0 radical (unpaired) electrons. The molecule has 0 bridgehead atoms. The van der Waals surface area contributed by atoms with Gasteiger partial charge in [-0.25, -0.2) is 9.97 Å². The number of aryl methyl sites for hydroxylation is 1. The van der Waals surface area contributed by atoms with Crippen LogP contribution in [-0.4, -0.2) is 30.4 Å². The van der Waals surface area contributed by atoms with Gasteiger partial charge in [0.2, 0.25) is 0 Å². The van der Waals surface area contributed by atoms with E-state index in [0.717, 1.165) is 11.1 Å². The van der Waals surface area contributed by atoms with Crippen LogP contribution >= 0.6 is 11.8 Å². The van der Waals surface area contributed by atoms with E-state index in [1.54, 1.807) is 18.2 Å². The number of para-hydroxylation sites is 3. The second kappa shape index (κ2) is 8.89. The summed E-state index contributed by atoms with van der Waals surface area (Å²) < 4.78 is 1.53. The standard InChI is InChI=1S/C26H19N5O2S/c1-16-10-12-17(13-11-16)31-25(33)18-6-2-3-7-20(18)30-26(31)34-15-23(32)19(14-27)24-28-21-8-4-5-9-22(21)29-24/h2-13,32H,15H2,1H3,(H,28,29)/b23-19-. The highest BCUT2D eigenvalue weighted by Gasteiger charge is 2.17. The topological polar surface area (TPSA) is 108 Å². The molecular formula is C26H19N5O2S. The Labute approximate surface area is 199 Å². The van der Waals surface area contributed by atoms with Crippen molar-refractivity contribution in [2.45, 2.75) is 12.1 Å². The number of benzene rings is 3. The Balaban J connectivity index is 1.56. The van der Waals surface area contributed by atoms with E-state index in [2.05, 4.69) is 15.0 Å². The number of aliphatic hydroxyl groups excluding tert-OH is 1. The summed E-state index contributed by atoms with van der Waals surface area (Å²) in [6.07, 6.45) is 0. The maximum absolute atomic E-state index is 13.4. The smallest absolute Gasteiger partial charge is 0.266 e. The Kier molecular flexibility index (Phi) is 5.62. The van der Waals surface area contributed by atoms with Crippen molar-refractivity contribution in [3.05, 3.63) is 100 Å². The second-order valence-electron chi connectivity index (χ2n) is 7.71. The molecule has 2 heterocycles. The zero-order valence-electron chi connectivity index (χ0n) is 18.2. The maximum Gasteiger partial charge on any atom is 0.266 e. The molecule has 0 aliphatic rings. The van der Waals surface area contributed by atoms with Gasteiger partial charge in [0.25, 0.3) is 5.56 Å². The fourth-order valence-electron chi connectivity index (χ4n) is 3.66. The minimum atomic E-state index is -0.196. The molecule has 0 amide bonds. The fourth-order valence-corrected chi connectivity index (χ4v) is 4.55. The molecule has 8 heteroatoms. The monoisotopic (exact) mass is 465 g/mol. The molecule has 34 heavy (non-hydrogen) atoms. The molecule has 5 rings (SSSR count). The lowest BCUT2D eigenvalue weighted by molar-refractivity contribution is 0.420. The van der Waals surface area contributed by atoms with Crippen LogP contribution < -0.4 is 5.56 Å². The SMILES string of the molecule is Cc1ccc(-n2c(SC/C(O)=C(\C#N)c3nc4ccccc4[nH]3)nc3ccccc3c2=O)cc1. The number of fused-ring (bicyclic) bond motifs is 2. The Morgan fingerprint density at radius 2 is 1.74 bits per heavy atom. The van der Waals surface area contributed by atoms with Crippen molar-refractivity contribution < 1.29 is 5.11 Å². The number of imidazole rings is 1. The number of H-pyrrole nitrogens is 1. The van der Waals surface area contributed by atoms with E-state index in [1.165, 1.54) is 16.3 Å². The first kappa shape index (κ1) is 21.5. The summed E-state index contributed by atoms with van der Waals surface area (Å²) in [6, 6.07) is 24.2. The molecule has 7 nitrogen and oxygen atoms in total. The van der Waals surface area contributed by atoms with Crippen molar-refractivity contribution in [1.29, 1.82) is 5.26 Å². The minimum Gasteiger partial charge on any atom is -0.510 e. The van der Waals surface area contributed by atoms with Crippen LogP contribution in [0.4, 0.5) is 0 Å². The number of nitriles is 1. The van der Waals surface area contributed by atoms with Crippen molar-refractivity contribution in [2.75, 3.05) is 5.75 Å². The van der Waals surface area contributed by atoms with Crippen LogP contribution in [0.15, 0.2) is 88.5 Å². The van der Waals surface area contributed by atoms with Crippen LogP contribution in [0.25, 0.3) is 33.2 Å². The molecule has 2 N–H and O–H groups in total. The van der Waals surface area contributed by atoms with Crippen molar-refractivity contribution in [3.63, 3.8) is 0 Å². The van der Waals surface area contributed by atoms with Crippen LogP contribution in [-0.2, 0) is 0 Å². The highest BCUT2D eigenvalue weighted by molar-refractivity contribution is 7.99. The van der Waals surface area contributed by atoms with Gasteiger partial charge in [0.1, 0.15) is 17.4 Å². The predicted molar refractivity (Wildman–Crippen MR) is 134 cm³/mol. The summed E-state index contributed by atoms with van der Waals surface area (Å²) in [5.41, 5.74) is 3.65. The number of thioether (sulfide) groups is 1. The third-order valence-electron chi connectivity index (χ3n) is 5.40. The highest BCUT2D eigenvalue weighted by Crippen LogP contribution is 2.26. The number of aromatic amines is 1. The van der Waals surface area contributed by atoms with Crippen LogP contribution in [0.5, 0.6) is 0 Å². The van der Waals surface area contributed by atoms with E-state index in [1.807, 2.05) is 67.6 Å². The van der Waals surface area contributed by atoms with Gasteiger partial charge >= 0.3 is 0 Å². The molecular weight excluding hydrogens is 446 g/mol. The van der Waals surface area contributed by atoms with E-state index >= 15 is 0 Å². The molecule has 3 aromatic carbocycles. The Morgan fingerprint density at radius 1 is 1.03 bits per heavy atom. The number of aliphatic hydroxyl groups is 1. The van der Waals surface area contributed by atoms with Crippen molar-refractivity contribution in [1.82, 2.24) is 19.5 Å². The van der Waals surface area contributed by atoms with E-state index in [4.69, 9.17) is 0 Å². The molecule has 166 valence electrons. The van der Waals surface area contributed by atoms with Gasteiger partial charge in [-0.3, -0.25) is 9.36 Å². The number of rotatable bonds is 5. The average Bonchev–Trinajstić information content (AvgIpc) is 3.28. The zero-order chi connectivity index (χ0) is 23.7. The van der Waals surface area contributed by atoms with Crippen molar-refractivity contribution in [3.8, 4) is 11.8 Å². The summed E-state index contributed by atoms with van der Waals surface area (Å²) in [6.45, 7) is 1.98. The normalized spacial score (nSPS) is 12.0. The quantitative estimate of drug-likeness (QED) is 0.161. The van der Waals surface area contributed by atoms with Crippen LogP contribution in [0.1, 0.15) is 11.4 Å². The predicted octanol–water partition coefficient (Wildman–Crippen LogP) is 5.16. The Morgan fingerprint density at radius 3 is 2.47 bits per heavy atom. The molecule has 0 aliphatic heterocycles. The van der Waals surface area contributed by atoms with Gasteiger partial charge in [-0.05, 0) is 43.3 Å². The fraction of sp³-hybridized carbons (Fsp3) is 0.0769. The van der Waals surface area contributed by atoms with Crippen LogP contribution in [0.3, 0.4) is 0 Å². The van der Waals surface area contributed by atoms with Gasteiger partial charge in [0.15, 0.2) is 11.0 Å². The summed E-state index contributed by atoms with van der Waals surface area (Å²) >= 11 is 1.18. The van der Waals surface area contributed by atoms with Gasteiger partial charge in [-0.2, -0.15) is 5.26 Å². The molecule has 5 aromatic rings. The highest BCUT2D eigenvalue weighted by atomic mass is 32.2. The summed E-state index contributed by atoms with van der Waals surface area (Å²) in [5, 5.41) is 21.4. The van der Waals surface area contributed by atoms with Crippen molar-refractivity contribution >= 4 is 39.3 Å². The molecule has 0 atom stereocenters. The molecule has 0 saturated heterocycles. The van der Waals surface area contributed by atoms with Gasteiger partial charge < -0.3 is 10.1 Å². The molecule has 0 spiro atoms. The van der Waals surface area contributed by atoms with Gasteiger partial charge in [-0.1, -0.05) is 53.7 Å². The Hall–Kier alpha value is -4.35. The molecule has 0 unspecified atom stereocenters. The molecule has 2 aromatic heterocycles. The minimum absolute atomic E-state index is 0.0383. The first-order chi connectivity index (χ1) is 16.5. The van der Waals surface area contributed by atoms with Gasteiger partial charge in [-0.15, -0.1) is 0 Å². The molecule has 0 saturated carbocycles. The van der Waals surface area contributed by atoms with Gasteiger partial charge in [0, 0.05) is 0 Å². The molecule has 0 fully saturated rings. The van der Waals surface area contributed by atoms with E-state index in [9.17, 15) is 15.2 Å². The first-order valence-corrected chi connectivity index (χ1v) is 11.5. The lowest BCUT2D eigenvalue weighted by atomic mass is 10.2. The maximum atomic E-state index is 13.4. The summed E-state index contributed by atoms with van der Waals surface area (Å²) in [7, 11) is 0. The third-order valence-corrected chi connectivity index (χ3v) is 6.35. The summed E-state index contributed by atoms with van der Waals surface area (Å²) in [4.78, 5) is 25.5. The van der Waals surface area contributed by atoms with Crippen LogP contribution in [0, 0.1) is 18.3 Å². The second-order valence-corrected chi connectivity index (χ2v) is 8.65. The Bertz CT molecular complexity index is 1630. The van der Waals surface area contributed by atoms with E-state index in [0.29, 0.717) is 33.1 Å². The lowest BCUT2D eigenvalue weighted by Crippen LogP contribution is -2.22. The third kappa shape index (κ3) is 3.93. The average molecular weight is 466 g/mol. The number of hydrogen-bond acceptors (Lipinski definition) is 6. The number of aromatic nitrogens is 4. The number of nitrogens with zero attached hydrogens (tertiary/aromatic N) is 4. The van der Waals surface area contributed by atoms with E-state index in [-0.39, 0.29) is 22.6 Å². The number of hydrogen-bond donors (Lipinski definition) is 2. The summed E-state index contributed by atoms with van der Waals surface area (Å²) in [5.74, 6) is 0.185. The van der Waals surface area contributed by atoms with Gasteiger partial charge in [0.05, 0.1) is 33.4 Å². The van der Waals surface area contributed by atoms with E-state index < -0.39 is 0 Å². The van der Waals surface area contributed by atoms with Crippen LogP contribution in [0.2, 0.25) is 0 Å². The number of nitrogens with one attached hydrogen (secondary N) is 1. The molecule has 0 aliphatic carbocycles. The number of allylic oxidation sites excluding steroid dienone is 1. The zero-order valence-corrected chi connectivity index (χ0v) is 19.0.